The van der Waals surface area contributed by atoms with Gasteiger partial charge in [0.25, 0.3) is 5.91 Å². The van der Waals surface area contributed by atoms with Crippen molar-refractivity contribution in [3.05, 3.63) is 41.1 Å². The highest BCUT2D eigenvalue weighted by molar-refractivity contribution is 7.80. The molecule has 96 valence electrons. The van der Waals surface area contributed by atoms with Crippen LogP contribution in [0.2, 0.25) is 0 Å². The third kappa shape index (κ3) is 2.80. The number of rotatable bonds is 3. The van der Waals surface area contributed by atoms with Crippen molar-refractivity contribution < 1.29 is 4.79 Å². The second-order valence-electron chi connectivity index (χ2n) is 4.18. The molecule has 0 aromatic heterocycles. The zero-order valence-corrected chi connectivity index (χ0v) is 11.3. The number of hydrogen-bond acceptors (Lipinski definition) is 3. The van der Waals surface area contributed by atoms with E-state index < -0.39 is 0 Å². The van der Waals surface area contributed by atoms with Crippen LogP contribution in [0.1, 0.15) is 24.5 Å². The summed E-state index contributed by atoms with van der Waals surface area (Å²) in [5.74, 6) is -0.101. The van der Waals surface area contributed by atoms with Gasteiger partial charge in [-0.05, 0) is 42.4 Å². The first-order valence-corrected chi connectivity index (χ1v) is 6.41. The Bertz CT molecular complexity index is 584. The lowest BCUT2D eigenvalue weighted by molar-refractivity contribution is -0.122. The molecule has 1 N–H and O–H groups in total. The molecule has 1 aromatic rings. The van der Waals surface area contributed by atoms with E-state index in [0.717, 1.165) is 12.0 Å². The van der Waals surface area contributed by atoms with Crippen LogP contribution in [0.15, 0.2) is 30.0 Å². The number of benzene rings is 1. The lowest BCUT2D eigenvalue weighted by Gasteiger charge is -2.11. The topological polar surface area (TPSA) is 56.1 Å². The van der Waals surface area contributed by atoms with Gasteiger partial charge in [0.15, 0.2) is 5.11 Å². The Labute approximate surface area is 117 Å². The van der Waals surface area contributed by atoms with E-state index in [-0.39, 0.29) is 5.91 Å². The average Bonchev–Trinajstić information content (AvgIpc) is 2.68. The number of hydrogen-bond donors (Lipinski definition) is 1. The maximum absolute atomic E-state index is 12.1. The molecule has 0 aliphatic carbocycles. The Hall–Kier alpha value is -2.19. The van der Waals surface area contributed by atoms with Crippen molar-refractivity contribution in [1.29, 1.82) is 5.26 Å². The Morgan fingerprint density at radius 3 is 2.68 bits per heavy atom. The predicted molar refractivity (Wildman–Crippen MR) is 76.9 cm³/mol. The van der Waals surface area contributed by atoms with Gasteiger partial charge in [-0.15, -0.1) is 0 Å². The van der Waals surface area contributed by atoms with Crippen LogP contribution in [-0.2, 0) is 4.79 Å². The maximum Gasteiger partial charge on any atom is 0.276 e. The first-order chi connectivity index (χ1) is 9.15. The highest BCUT2D eigenvalue weighted by atomic mass is 32.1. The molecule has 0 atom stereocenters. The minimum absolute atomic E-state index is 0.101. The first-order valence-electron chi connectivity index (χ1n) is 6.00. The molecule has 2 rings (SSSR count). The molecule has 1 saturated heterocycles. The molecule has 0 radical (unpaired) electrons. The molecule has 5 heteroatoms. The maximum atomic E-state index is 12.1. The highest BCUT2D eigenvalue weighted by Gasteiger charge is 2.29. The number of carbonyl (C=O) groups excluding carboxylic acids is 1. The minimum atomic E-state index is -0.101. The lowest BCUT2D eigenvalue weighted by atomic mass is 10.1. The van der Waals surface area contributed by atoms with Crippen molar-refractivity contribution in [2.24, 2.45) is 0 Å². The summed E-state index contributed by atoms with van der Waals surface area (Å²) < 4.78 is 0. The molecule has 0 spiro atoms. The summed E-state index contributed by atoms with van der Waals surface area (Å²) in [6.07, 6.45) is 2.60. The van der Waals surface area contributed by atoms with Gasteiger partial charge >= 0.3 is 0 Å². The molecule has 1 aliphatic rings. The van der Waals surface area contributed by atoms with Crippen molar-refractivity contribution >= 4 is 29.3 Å². The minimum Gasteiger partial charge on any atom is -0.328 e. The number of nitriles is 1. The second kappa shape index (κ2) is 5.63. The molecular weight excluding hydrogens is 258 g/mol. The van der Waals surface area contributed by atoms with E-state index in [2.05, 4.69) is 11.4 Å². The van der Waals surface area contributed by atoms with Crippen LogP contribution in [-0.4, -0.2) is 22.5 Å². The summed E-state index contributed by atoms with van der Waals surface area (Å²) in [5.41, 5.74) is 1.93. The number of amides is 1. The van der Waals surface area contributed by atoms with E-state index in [4.69, 9.17) is 17.5 Å². The standard InChI is InChI=1S/C14H13N3OS/c1-2-7-17-13(18)12(16-14(17)19)8-10-3-5-11(9-15)6-4-10/h3-6,8H,2,7H2,1H3,(H,16,19). The van der Waals surface area contributed by atoms with Crippen LogP contribution in [0.4, 0.5) is 0 Å². The molecule has 0 bridgehead atoms. The van der Waals surface area contributed by atoms with Crippen LogP contribution in [0.25, 0.3) is 6.08 Å². The van der Waals surface area contributed by atoms with Crippen LogP contribution < -0.4 is 5.32 Å². The monoisotopic (exact) mass is 271 g/mol. The van der Waals surface area contributed by atoms with Crippen molar-refractivity contribution in [3.63, 3.8) is 0 Å². The average molecular weight is 271 g/mol. The van der Waals surface area contributed by atoms with E-state index in [0.29, 0.717) is 22.9 Å². The smallest absolute Gasteiger partial charge is 0.276 e. The van der Waals surface area contributed by atoms with Crippen molar-refractivity contribution in [3.8, 4) is 6.07 Å². The van der Waals surface area contributed by atoms with Crippen molar-refractivity contribution in [2.75, 3.05) is 6.54 Å². The summed E-state index contributed by atoms with van der Waals surface area (Å²) in [6, 6.07) is 9.08. The lowest BCUT2D eigenvalue weighted by Crippen LogP contribution is -2.31. The van der Waals surface area contributed by atoms with Crippen LogP contribution >= 0.6 is 12.2 Å². The molecule has 0 saturated carbocycles. The van der Waals surface area contributed by atoms with Gasteiger partial charge in [0.05, 0.1) is 11.6 Å². The summed E-state index contributed by atoms with van der Waals surface area (Å²) in [7, 11) is 0. The zero-order valence-electron chi connectivity index (χ0n) is 10.5. The van der Waals surface area contributed by atoms with E-state index in [9.17, 15) is 4.79 Å². The first kappa shape index (κ1) is 13.2. The molecular formula is C14H13N3OS. The molecule has 1 aromatic carbocycles. The van der Waals surface area contributed by atoms with Crippen molar-refractivity contribution in [2.45, 2.75) is 13.3 Å². The number of nitrogens with one attached hydrogen (secondary N) is 1. The molecule has 1 fully saturated rings. The van der Waals surface area contributed by atoms with Gasteiger partial charge in [0.2, 0.25) is 0 Å². The summed E-state index contributed by atoms with van der Waals surface area (Å²) >= 11 is 5.13. The van der Waals surface area contributed by atoms with E-state index in [1.165, 1.54) is 0 Å². The number of nitrogens with zero attached hydrogens (tertiary/aromatic N) is 2. The van der Waals surface area contributed by atoms with Gasteiger partial charge in [-0.2, -0.15) is 5.26 Å². The zero-order chi connectivity index (χ0) is 13.8. The molecule has 1 heterocycles. The van der Waals surface area contributed by atoms with Gasteiger partial charge in [0.1, 0.15) is 5.70 Å². The summed E-state index contributed by atoms with van der Waals surface area (Å²) in [6.45, 7) is 2.62. The quantitative estimate of drug-likeness (QED) is 0.675. The molecule has 1 aliphatic heterocycles. The third-order valence-corrected chi connectivity index (χ3v) is 3.08. The van der Waals surface area contributed by atoms with Crippen LogP contribution in [0.5, 0.6) is 0 Å². The van der Waals surface area contributed by atoms with Crippen molar-refractivity contribution in [1.82, 2.24) is 10.2 Å². The fourth-order valence-corrected chi connectivity index (χ4v) is 2.10. The highest BCUT2D eigenvalue weighted by Crippen LogP contribution is 2.15. The van der Waals surface area contributed by atoms with Gasteiger partial charge < -0.3 is 5.32 Å². The van der Waals surface area contributed by atoms with E-state index in [1.807, 2.05) is 6.92 Å². The molecule has 0 unspecified atom stereocenters. The van der Waals surface area contributed by atoms with Gasteiger partial charge in [-0.25, -0.2) is 0 Å². The van der Waals surface area contributed by atoms with Crippen LogP contribution in [0.3, 0.4) is 0 Å². The normalized spacial score (nSPS) is 16.6. The molecule has 19 heavy (non-hydrogen) atoms. The Balaban J connectivity index is 2.22. The summed E-state index contributed by atoms with van der Waals surface area (Å²) in [4.78, 5) is 13.6. The Morgan fingerprint density at radius 1 is 1.42 bits per heavy atom. The predicted octanol–water partition coefficient (Wildman–Crippen LogP) is 2.03. The third-order valence-electron chi connectivity index (χ3n) is 2.76. The number of thiocarbonyl (C=S) groups is 1. The Morgan fingerprint density at radius 2 is 2.11 bits per heavy atom. The largest absolute Gasteiger partial charge is 0.328 e. The molecule has 4 nitrogen and oxygen atoms in total. The Kier molecular flexibility index (Phi) is 3.93. The second-order valence-corrected chi connectivity index (χ2v) is 4.57. The van der Waals surface area contributed by atoms with Gasteiger partial charge in [0, 0.05) is 6.54 Å². The number of carbonyl (C=O) groups is 1. The van der Waals surface area contributed by atoms with Gasteiger partial charge in [-0.3, -0.25) is 9.69 Å². The van der Waals surface area contributed by atoms with E-state index in [1.54, 1.807) is 35.2 Å². The molecule has 1 amide bonds. The fraction of sp³-hybridized carbons (Fsp3) is 0.214. The van der Waals surface area contributed by atoms with Gasteiger partial charge in [-0.1, -0.05) is 19.1 Å². The SMILES string of the molecule is CCCN1C(=O)C(=Cc2ccc(C#N)cc2)NC1=S. The van der Waals surface area contributed by atoms with E-state index >= 15 is 0 Å². The fourth-order valence-electron chi connectivity index (χ4n) is 1.82. The summed E-state index contributed by atoms with van der Waals surface area (Å²) in [5, 5.41) is 12.1. The van der Waals surface area contributed by atoms with Crippen LogP contribution in [0, 0.1) is 11.3 Å².